The summed E-state index contributed by atoms with van der Waals surface area (Å²) < 4.78 is 33.8. The summed E-state index contributed by atoms with van der Waals surface area (Å²) in [6.07, 6.45) is 1.45. The third kappa shape index (κ3) is 3.57. The first kappa shape index (κ1) is 21.2. The summed E-state index contributed by atoms with van der Waals surface area (Å²) in [6, 6.07) is 23.3. The van der Waals surface area contributed by atoms with Gasteiger partial charge < -0.3 is 4.74 Å². The average molecular weight is 475 g/mol. The van der Waals surface area contributed by atoms with E-state index in [1.54, 1.807) is 49.6 Å². The quantitative estimate of drug-likeness (QED) is 0.306. The van der Waals surface area contributed by atoms with Crippen molar-refractivity contribution in [2.45, 2.75) is 4.90 Å². The first-order valence-corrected chi connectivity index (χ1v) is 12.0. The summed E-state index contributed by atoms with van der Waals surface area (Å²) in [6.45, 7) is 4.26. The van der Waals surface area contributed by atoms with E-state index in [1.165, 1.54) is 10.2 Å². The number of methoxy groups -OCH3 is 1. The van der Waals surface area contributed by atoms with E-state index in [-0.39, 0.29) is 4.90 Å². The maximum absolute atomic E-state index is 13.6. The molecule has 0 unspecified atom stereocenters. The molecule has 0 bridgehead atoms. The standard InChI is InChI=1S/C26H19ClN2O3S/c1-17(18-7-6-8-21(13-18)32-2)19-11-12-25-23(14-19)24-15-20(27)16-28-26(24)29(25)33(30,31)22-9-4-3-5-10-22/h3-16H,1H2,2H3. The van der Waals surface area contributed by atoms with Crippen LogP contribution in [0.15, 0.2) is 96.5 Å². The van der Waals surface area contributed by atoms with Gasteiger partial charge in [-0.15, -0.1) is 0 Å². The van der Waals surface area contributed by atoms with Gasteiger partial charge in [-0.25, -0.2) is 17.4 Å². The highest BCUT2D eigenvalue weighted by Gasteiger charge is 2.24. The Balaban J connectivity index is 1.76. The number of hydrogen-bond donors (Lipinski definition) is 0. The lowest BCUT2D eigenvalue weighted by molar-refractivity contribution is 0.414. The van der Waals surface area contributed by atoms with Crippen molar-refractivity contribution in [3.05, 3.63) is 108 Å². The molecule has 33 heavy (non-hydrogen) atoms. The van der Waals surface area contributed by atoms with Crippen LogP contribution in [0.3, 0.4) is 0 Å². The molecular formula is C26H19ClN2O3S. The zero-order valence-corrected chi connectivity index (χ0v) is 19.3. The molecule has 0 radical (unpaired) electrons. The number of hydrogen-bond acceptors (Lipinski definition) is 4. The number of fused-ring (bicyclic) bond motifs is 3. The third-order valence-corrected chi connectivity index (χ3v) is 7.50. The van der Waals surface area contributed by atoms with Crippen LogP contribution in [0.1, 0.15) is 11.1 Å². The van der Waals surface area contributed by atoms with Crippen LogP contribution < -0.4 is 4.74 Å². The number of benzene rings is 3. The van der Waals surface area contributed by atoms with E-state index < -0.39 is 10.0 Å². The van der Waals surface area contributed by atoms with Gasteiger partial charge in [0, 0.05) is 17.0 Å². The van der Waals surface area contributed by atoms with Crippen molar-refractivity contribution in [3.63, 3.8) is 0 Å². The molecule has 0 fully saturated rings. The van der Waals surface area contributed by atoms with Crippen LogP contribution in [0, 0.1) is 0 Å². The summed E-state index contributed by atoms with van der Waals surface area (Å²) in [7, 11) is -2.27. The van der Waals surface area contributed by atoms with Crippen LogP contribution in [0.25, 0.3) is 27.5 Å². The highest BCUT2D eigenvalue weighted by Crippen LogP contribution is 2.35. The number of nitrogens with zero attached hydrogens (tertiary/aromatic N) is 2. The predicted octanol–water partition coefficient (Wildman–Crippen LogP) is 6.15. The molecule has 0 amide bonds. The zero-order chi connectivity index (χ0) is 23.2. The minimum atomic E-state index is -3.88. The summed E-state index contributed by atoms with van der Waals surface area (Å²) in [5, 5.41) is 1.80. The predicted molar refractivity (Wildman–Crippen MR) is 132 cm³/mol. The molecule has 0 atom stereocenters. The number of pyridine rings is 1. The van der Waals surface area contributed by atoms with Gasteiger partial charge in [-0.3, -0.25) is 0 Å². The minimum Gasteiger partial charge on any atom is -0.497 e. The zero-order valence-electron chi connectivity index (χ0n) is 17.7. The summed E-state index contributed by atoms with van der Waals surface area (Å²) >= 11 is 6.24. The van der Waals surface area contributed by atoms with Gasteiger partial charge in [0.2, 0.25) is 0 Å². The Morgan fingerprint density at radius 2 is 1.70 bits per heavy atom. The maximum atomic E-state index is 13.6. The largest absolute Gasteiger partial charge is 0.497 e. The van der Waals surface area contributed by atoms with Gasteiger partial charge in [-0.1, -0.05) is 54.6 Å². The summed E-state index contributed by atoms with van der Waals surface area (Å²) in [4.78, 5) is 4.56. The molecule has 2 aromatic heterocycles. The first-order valence-electron chi connectivity index (χ1n) is 10.1. The highest BCUT2D eigenvalue weighted by atomic mass is 35.5. The third-order valence-electron chi connectivity index (χ3n) is 5.58. The Bertz CT molecular complexity index is 1640. The fourth-order valence-electron chi connectivity index (χ4n) is 3.94. The van der Waals surface area contributed by atoms with E-state index in [1.807, 2.05) is 36.4 Å². The normalized spacial score (nSPS) is 11.7. The van der Waals surface area contributed by atoms with Crippen molar-refractivity contribution in [2.75, 3.05) is 7.11 Å². The molecule has 164 valence electrons. The number of rotatable bonds is 5. The van der Waals surface area contributed by atoms with Crippen LogP contribution >= 0.6 is 11.6 Å². The Kier molecular flexibility index (Phi) is 5.19. The molecular weight excluding hydrogens is 456 g/mol. The lowest BCUT2D eigenvalue weighted by Crippen LogP contribution is -2.13. The van der Waals surface area contributed by atoms with Crippen LogP contribution in [-0.2, 0) is 10.0 Å². The molecule has 0 saturated heterocycles. The first-order chi connectivity index (χ1) is 15.9. The fraction of sp³-hybridized carbons (Fsp3) is 0.0385. The van der Waals surface area contributed by atoms with Gasteiger partial charge in [-0.05, 0) is 59.2 Å². The van der Waals surface area contributed by atoms with Crippen molar-refractivity contribution in [2.24, 2.45) is 0 Å². The molecule has 0 aliphatic heterocycles. The summed E-state index contributed by atoms with van der Waals surface area (Å²) in [5.74, 6) is 0.733. The number of halogens is 1. The topological polar surface area (TPSA) is 61.2 Å². The molecule has 3 aromatic carbocycles. The van der Waals surface area contributed by atoms with E-state index in [4.69, 9.17) is 16.3 Å². The Hall–Kier alpha value is -3.61. The van der Waals surface area contributed by atoms with Crippen molar-refractivity contribution in [1.82, 2.24) is 8.96 Å². The number of ether oxygens (including phenoxy) is 1. The van der Waals surface area contributed by atoms with Crippen molar-refractivity contribution in [1.29, 1.82) is 0 Å². The molecule has 5 aromatic rings. The minimum absolute atomic E-state index is 0.186. The molecule has 0 N–H and O–H groups in total. The van der Waals surface area contributed by atoms with Crippen LogP contribution in [0.5, 0.6) is 5.75 Å². The van der Waals surface area contributed by atoms with E-state index in [2.05, 4.69) is 11.6 Å². The van der Waals surface area contributed by atoms with Gasteiger partial charge in [0.1, 0.15) is 5.75 Å². The lowest BCUT2D eigenvalue weighted by Gasteiger charge is -2.10. The van der Waals surface area contributed by atoms with Crippen LogP contribution in [0.4, 0.5) is 0 Å². The van der Waals surface area contributed by atoms with E-state index in [0.29, 0.717) is 21.6 Å². The SMILES string of the molecule is C=C(c1cccc(OC)c1)c1ccc2c(c1)c1cc(Cl)cnc1n2S(=O)(=O)c1ccccc1. The monoisotopic (exact) mass is 474 g/mol. The van der Waals surface area contributed by atoms with Gasteiger partial charge in [-0.2, -0.15) is 0 Å². The second kappa shape index (κ2) is 8.06. The Labute approximate surface area is 196 Å². The van der Waals surface area contributed by atoms with Crippen LogP contribution in [0.2, 0.25) is 5.02 Å². The van der Waals surface area contributed by atoms with Crippen LogP contribution in [-0.4, -0.2) is 24.5 Å². The second-order valence-electron chi connectivity index (χ2n) is 7.55. The number of aromatic nitrogens is 2. The highest BCUT2D eigenvalue weighted by molar-refractivity contribution is 7.90. The van der Waals surface area contributed by atoms with E-state index in [9.17, 15) is 8.42 Å². The maximum Gasteiger partial charge on any atom is 0.269 e. The molecule has 5 nitrogen and oxygen atoms in total. The smallest absolute Gasteiger partial charge is 0.269 e. The van der Waals surface area contributed by atoms with Gasteiger partial charge in [0.25, 0.3) is 10.0 Å². The van der Waals surface area contributed by atoms with E-state index in [0.717, 1.165) is 27.8 Å². The van der Waals surface area contributed by atoms with Gasteiger partial charge in [0.05, 0.1) is 22.5 Å². The van der Waals surface area contributed by atoms with Crippen molar-refractivity contribution in [3.8, 4) is 5.75 Å². The molecule has 0 aliphatic rings. The molecule has 0 spiro atoms. The summed E-state index contributed by atoms with van der Waals surface area (Å²) in [5.41, 5.74) is 3.39. The lowest BCUT2D eigenvalue weighted by atomic mass is 9.98. The van der Waals surface area contributed by atoms with Crippen molar-refractivity contribution >= 4 is 49.1 Å². The average Bonchev–Trinajstić information content (AvgIpc) is 3.17. The molecule has 0 saturated carbocycles. The fourth-order valence-corrected chi connectivity index (χ4v) is 5.60. The Morgan fingerprint density at radius 3 is 2.45 bits per heavy atom. The molecule has 7 heteroatoms. The Morgan fingerprint density at radius 1 is 0.939 bits per heavy atom. The van der Waals surface area contributed by atoms with E-state index >= 15 is 0 Å². The molecule has 5 rings (SSSR count). The van der Waals surface area contributed by atoms with Crippen molar-refractivity contribution < 1.29 is 13.2 Å². The molecule has 2 heterocycles. The van der Waals surface area contributed by atoms with Gasteiger partial charge in [0.15, 0.2) is 5.65 Å². The van der Waals surface area contributed by atoms with Gasteiger partial charge >= 0.3 is 0 Å². The molecule has 0 aliphatic carbocycles. The second-order valence-corrected chi connectivity index (χ2v) is 9.77.